The van der Waals surface area contributed by atoms with Crippen LogP contribution in [-0.4, -0.2) is 41.4 Å². The number of benzene rings is 1. The van der Waals surface area contributed by atoms with Crippen LogP contribution in [0, 0.1) is 11.7 Å². The zero-order valence-electron chi connectivity index (χ0n) is 12.2. The van der Waals surface area contributed by atoms with Crippen LogP contribution >= 0.6 is 11.6 Å². The highest BCUT2D eigenvalue weighted by Gasteiger charge is 2.40. The lowest BCUT2D eigenvalue weighted by Gasteiger charge is -2.46. The minimum Gasteiger partial charge on any atom is -0.341 e. The van der Waals surface area contributed by atoms with Gasteiger partial charge in [0.1, 0.15) is 5.82 Å². The predicted octanol–water partition coefficient (Wildman–Crippen LogP) is 2.92. The van der Waals surface area contributed by atoms with Crippen molar-refractivity contribution >= 4 is 17.5 Å². The molecular weight excluding hydrogens is 291 g/mol. The molecule has 0 radical (unpaired) electrons. The van der Waals surface area contributed by atoms with Gasteiger partial charge in [-0.05, 0) is 49.9 Å². The summed E-state index contributed by atoms with van der Waals surface area (Å²) in [6, 6.07) is 4.78. The first-order chi connectivity index (χ1) is 10.1. The van der Waals surface area contributed by atoms with Crippen molar-refractivity contribution < 1.29 is 9.18 Å². The quantitative estimate of drug-likeness (QED) is 0.857. The van der Waals surface area contributed by atoms with Crippen molar-refractivity contribution in [2.75, 3.05) is 19.6 Å². The molecule has 2 aliphatic rings. The lowest BCUT2D eigenvalue weighted by molar-refractivity contribution is -0.145. The van der Waals surface area contributed by atoms with Gasteiger partial charge in [0.2, 0.25) is 5.91 Å². The fourth-order valence-electron chi connectivity index (χ4n) is 3.47. The molecule has 0 aromatic heterocycles. The standard InChI is InChI=1S/C16H20ClFN2O/c1-2-19-9-12-5-6-20(15(8-12)16(19)21)10-11-3-4-14(18)13(17)7-11/h3-4,7,12,15H,2,5-6,8-10H2,1H3/t12-,15+/m0/s1. The number of hydrogen-bond acceptors (Lipinski definition) is 2. The molecule has 5 heteroatoms. The van der Waals surface area contributed by atoms with Crippen LogP contribution in [0.4, 0.5) is 4.39 Å². The van der Waals surface area contributed by atoms with E-state index in [1.54, 1.807) is 12.1 Å². The summed E-state index contributed by atoms with van der Waals surface area (Å²) in [4.78, 5) is 16.7. The summed E-state index contributed by atoms with van der Waals surface area (Å²) in [6.45, 7) is 5.29. The number of likely N-dealkylation sites (tertiary alicyclic amines) is 2. The zero-order valence-corrected chi connectivity index (χ0v) is 12.9. The number of nitrogens with zero attached hydrogens (tertiary/aromatic N) is 2. The van der Waals surface area contributed by atoms with Crippen molar-refractivity contribution in [3.8, 4) is 0 Å². The molecule has 0 spiro atoms. The summed E-state index contributed by atoms with van der Waals surface area (Å²) in [5.74, 6) is 0.465. The van der Waals surface area contributed by atoms with E-state index in [1.807, 2.05) is 11.8 Å². The first-order valence-corrected chi connectivity index (χ1v) is 7.93. The van der Waals surface area contributed by atoms with Crippen LogP contribution < -0.4 is 0 Å². The van der Waals surface area contributed by atoms with Crippen LogP contribution in [0.3, 0.4) is 0 Å². The van der Waals surface area contributed by atoms with E-state index < -0.39 is 5.82 Å². The highest BCUT2D eigenvalue weighted by Crippen LogP contribution is 2.31. The monoisotopic (exact) mass is 310 g/mol. The Morgan fingerprint density at radius 3 is 2.95 bits per heavy atom. The summed E-state index contributed by atoms with van der Waals surface area (Å²) < 4.78 is 13.2. The second-order valence-corrected chi connectivity index (χ2v) is 6.41. The maximum Gasteiger partial charge on any atom is 0.239 e. The molecule has 0 aliphatic carbocycles. The number of fused-ring (bicyclic) bond motifs is 2. The Hall–Kier alpha value is -1.13. The van der Waals surface area contributed by atoms with Crippen LogP contribution in [0.5, 0.6) is 0 Å². The molecule has 114 valence electrons. The summed E-state index contributed by atoms with van der Waals surface area (Å²) in [7, 11) is 0. The molecule has 1 amide bonds. The average Bonchev–Trinajstić information content (AvgIpc) is 2.48. The number of likely N-dealkylation sites (N-methyl/N-ethyl adjacent to an activating group) is 1. The predicted molar refractivity (Wildman–Crippen MR) is 80.6 cm³/mol. The average molecular weight is 311 g/mol. The number of carbonyl (C=O) groups is 1. The van der Waals surface area contributed by atoms with Gasteiger partial charge >= 0.3 is 0 Å². The fraction of sp³-hybridized carbons (Fsp3) is 0.562. The molecule has 0 saturated carbocycles. The molecular formula is C16H20ClFN2O. The largest absolute Gasteiger partial charge is 0.341 e. The van der Waals surface area contributed by atoms with Crippen LogP contribution in [0.25, 0.3) is 0 Å². The molecule has 21 heavy (non-hydrogen) atoms. The van der Waals surface area contributed by atoms with Crippen LogP contribution in [0.1, 0.15) is 25.3 Å². The highest BCUT2D eigenvalue weighted by atomic mass is 35.5. The Balaban J connectivity index is 1.76. The minimum absolute atomic E-state index is 0.0266. The normalized spacial score (nSPS) is 26.2. The molecule has 2 saturated heterocycles. The lowest BCUT2D eigenvalue weighted by atomic mass is 9.85. The third-order valence-electron chi connectivity index (χ3n) is 4.65. The molecule has 3 rings (SSSR count). The molecule has 2 aliphatic heterocycles. The second kappa shape index (κ2) is 5.93. The Morgan fingerprint density at radius 1 is 1.43 bits per heavy atom. The van der Waals surface area contributed by atoms with Gasteiger partial charge in [0.05, 0.1) is 11.1 Å². The van der Waals surface area contributed by atoms with E-state index in [9.17, 15) is 9.18 Å². The van der Waals surface area contributed by atoms with Crippen molar-refractivity contribution in [2.45, 2.75) is 32.4 Å². The third-order valence-corrected chi connectivity index (χ3v) is 4.94. The second-order valence-electron chi connectivity index (χ2n) is 6.00. The maximum absolute atomic E-state index is 13.2. The molecule has 2 atom stereocenters. The van der Waals surface area contributed by atoms with Gasteiger partial charge in [-0.3, -0.25) is 9.69 Å². The topological polar surface area (TPSA) is 23.6 Å². The van der Waals surface area contributed by atoms with E-state index in [4.69, 9.17) is 11.6 Å². The summed E-state index contributed by atoms with van der Waals surface area (Å²) >= 11 is 5.84. The number of amides is 1. The number of rotatable bonds is 3. The highest BCUT2D eigenvalue weighted by molar-refractivity contribution is 6.30. The third kappa shape index (κ3) is 2.92. The SMILES string of the molecule is CCN1C[C@H]2CCN(Cc3ccc(F)c(Cl)c3)[C@H](C2)C1=O. The molecule has 2 bridgehead atoms. The van der Waals surface area contributed by atoms with Crippen LogP contribution in [0.15, 0.2) is 18.2 Å². The van der Waals surface area contributed by atoms with E-state index >= 15 is 0 Å². The summed E-state index contributed by atoms with van der Waals surface area (Å²) in [5, 5.41) is 0.146. The van der Waals surface area contributed by atoms with Gasteiger partial charge in [0.25, 0.3) is 0 Å². The Bertz CT molecular complexity index is 551. The van der Waals surface area contributed by atoms with Crippen LogP contribution in [-0.2, 0) is 11.3 Å². The van der Waals surface area contributed by atoms with Gasteiger partial charge in [-0.15, -0.1) is 0 Å². The number of carbonyl (C=O) groups excluding carboxylic acids is 1. The Labute approximate surface area is 129 Å². The molecule has 2 fully saturated rings. The summed E-state index contributed by atoms with van der Waals surface area (Å²) in [6.07, 6.45) is 2.07. The zero-order chi connectivity index (χ0) is 15.0. The van der Waals surface area contributed by atoms with Gasteiger partial charge < -0.3 is 4.90 Å². The molecule has 1 aromatic rings. The van der Waals surface area contributed by atoms with E-state index in [1.165, 1.54) is 6.07 Å². The van der Waals surface area contributed by atoms with Gasteiger partial charge in [0, 0.05) is 19.6 Å². The smallest absolute Gasteiger partial charge is 0.239 e. The van der Waals surface area contributed by atoms with Crippen molar-refractivity contribution in [1.29, 1.82) is 0 Å². The first kappa shape index (κ1) is 14.8. The molecule has 0 N–H and O–H groups in total. The van der Waals surface area contributed by atoms with Gasteiger partial charge in [-0.1, -0.05) is 17.7 Å². The van der Waals surface area contributed by atoms with Gasteiger partial charge in [-0.25, -0.2) is 4.39 Å². The maximum atomic E-state index is 13.2. The van der Waals surface area contributed by atoms with Gasteiger partial charge in [0.15, 0.2) is 0 Å². The molecule has 3 nitrogen and oxygen atoms in total. The van der Waals surface area contributed by atoms with Gasteiger partial charge in [-0.2, -0.15) is 0 Å². The fourth-order valence-corrected chi connectivity index (χ4v) is 3.67. The molecule has 0 unspecified atom stereocenters. The first-order valence-electron chi connectivity index (χ1n) is 7.55. The Morgan fingerprint density at radius 2 is 2.24 bits per heavy atom. The number of halogens is 2. The van der Waals surface area contributed by atoms with Crippen molar-refractivity contribution in [3.05, 3.63) is 34.6 Å². The van der Waals surface area contributed by atoms with Crippen LogP contribution in [0.2, 0.25) is 5.02 Å². The van der Waals surface area contributed by atoms with Crippen molar-refractivity contribution in [1.82, 2.24) is 9.80 Å². The van der Waals surface area contributed by atoms with E-state index in [2.05, 4.69) is 4.90 Å². The molecule has 2 heterocycles. The van der Waals surface area contributed by atoms with E-state index in [0.717, 1.165) is 38.0 Å². The number of piperidine rings is 2. The van der Waals surface area contributed by atoms with Crippen molar-refractivity contribution in [2.24, 2.45) is 5.92 Å². The molecule has 1 aromatic carbocycles. The van der Waals surface area contributed by atoms with E-state index in [-0.39, 0.29) is 17.0 Å². The number of hydrogen-bond donors (Lipinski definition) is 0. The van der Waals surface area contributed by atoms with E-state index in [0.29, 0.717) is 12.5 Å². The van der Waals surface area contributed by atoms with Crippen molar-refractivity contribution in [3.63, 3.8) is 0 Å². The lowest BCUT2D eigenvalue weighted by Crippen LogP contribution is -2.58. The minimum atomic E-state index is -0.398. The summed E-state index contributed by atoms with van der Waals surface area (Å²) in [5.41, 5.74) is 0.960. The Kier molecular flexibility index (Phi) is 4.18.